The van der Waals surface area contributed by atoms with Crippen molar-refractivity contribution < 1.29 is 17.9 Å². The fraction of sp³-hybridized carbons (Fsp3) is 0.636. The van der Waals surface area contributed by atoms with Crippen LogP contribution in [-0.4, -0.2) is 51.2 Å². The zero-order chi connectivity index (χ0) is 14.6. The third kappa shape index (κ3) is 3.54. The van der Waals surface area contributed by atoms with Crippen LogP contribution in [0, 0.1) is 0 Å². The van der Waals surface area contributed by atoms with E-state index in [9.17, 15) is 8.42 Å². The minimum Gasteiger partial charge on any atom is -0.480 e. The molecule has 0 aliphatic rings. The summed E-state index contributed by atoms with van der Waals surface area (Å²) in [5, 5.41) is 2.28. The Labute approximate surface area is 113 Å². The Morgan fingerprint density at radius 3 is 2.37 bits per heavy atom. The summed E-state index contributed by atoms with van der Waals surface area (Å²) in [5.74, 6) is 0.552. The van der Waals surface area contributed by atoms with E-state index in [0.29, 0.717) is 11.6 Å². The monoisotopic (exact) mass is 289 g/mol. The van der Waals surface area contributed by atoms with Crippen molar-refractivity contribution in [3.8, 4) is 11.8 Å². The van der Waals surface area contributed by atoms with Gasteiger partial charge in [-0.25, -0.2) is 13.4 Å². The van der Waals surface area contributed by atoms with Crippen LogP contribution in [-0.2, 0) is 9.84 Å². The van der Waals surface area contributed by atoms with Crippen molar-refractivity contribution in [3.63, 3.8) is 0 Å². The van der Waals surface area contributed by atoms with E-state index in [4.69, 9.17) is 9.47 Å². The topological polar surface area (TPSA) is 90.4 Å². The highest BCUT2D eigenvalue weighted by Gasteiger charge is 2.30. The van der Waals surface area contributed by atoms with Gasteiger partial charge in [0.1, 0.15) is 5.69 Å². The summed E-state index contributed by atoms with van der Waals surface area (Å²) >= 11 is 0. The van der Waals surface area contributed by atoms with Crippen molar-refractivity contribution in [2.24, 2.45) is 0 Å². The number of nitrogens with one attached hydrogen (secondary N) is 1. The molecule has 0 amide bonds. The van der Waals surface area contributed by atoms with E-state index in [0.717, 1.165) is 0 Å². The lowest BCUT2D eigenvalue weighted by Crippen LogP contribution is -2.34. The molecular weight excluding hydrogens is 270 g/mol. The first-order valence-corrected chi connectivity index (χ1v) is 7.61. The first kappa shape index (κ1) is 15.6. The summed E-state index contributed by atoms with van der Waals surface area (Å²) in [6.07, 6.45) is 2.61. The first-order valence-electron chi connectivity index (χ1n) is 5.66. The molecule has 7 nitrogen and oxygen atoms in total. The normalized spacial score (nSPS) is 14.8. The molecule has 1 N–H and O–H groups in total. The molecule has 2 atom stereocenters. The predicted octanol–water partition coefficient (Wildman–Crippen LogP) is 0.187. The number of methoxy groups -OCH3 is 2. The molecule has 0 saturated heterocycles. The Balaban J connectivity index is 3.25. The van der Waals surface area contributed by atoms with Crippen molar-refractivity contribution in [2.75, 3.05) is 27.5 Å². The number of rotatable bonds is 6. The number of aromatic nitrogens is 2. The van der Waals surface area contributed by atoms with Gasteiger partial charge in [-0.05, 0) is 14.0 Å². The van der Waals surface area contributed by atoms with Gasteiger partial charge in [-0.2, -0.15) is 4.98 Å². The number of ether oxygens (including phenoxy) is 2. The van der Waals surface area contributed by atoms with Crippen molar-refractivity contribution in [2.45, 2.75) is 18.2 Å². The Hall–Kier alpha value is -1.41. The molecule has 0 aliphatic heterocycles. The fourth-order valence-corrected chi connectivity index (χ4v) is 2.43. The number of sulfone groups is 1. The van der Waals surface area contributed by atoms with Crippen LogP contribution in [0.1, 0.15) is 18.7 Å². The van der Waals surface area contributed by atoms with Crippen LogP contribution in [0.4, 0.5) is 0 Å². The van der Waals surface area contributed by atoms with Gasteiger partial charge in [-0.3, -0.25) is 0 Å². The van der Waals surface area contributed by atoms with Gasteiger partial charge in [0.15, 0.2) is 9.84 Å². The van der Waals surface area contributed by atoms with Gasteiger partial charge in [0, 0.05) is 6.26 Å². The molecule has 0 fully saturated rings. The second-order valence-electron chi connectivity index (χ2n) is 4.11. The van der Waals surface area contributed by atoms with Gasteiger partial charge in [0.25, 0.3) is 0 Å². The average molecular weight is 289 g/mol. The van der Waals surface area contributed by atoms with E-state index in [1.54, 1.807) is 14.0 Å². The lowest BCUT2D eigenvalue weighted by molar-refractivity contribution is 0.350. The van der Waals surface area contributed by atoms with E-state index >= 15 is 0 Å². The summed E-state index contributed by atoms with van der Waals surface area (Å²) in [4.78, 5) is 8.29. The van der Waals surface area contributed by atoms with Crippen LogP contribution in [0.25, 0.3) is 0 Å². The van der Waals surface area contributed by atoms with Gasteiger partial charge in [-0.1, -0.05) is 0 Å². The van der Waals surface area contributed by atoms with E-state index in [1.807, 2.05) is 0 Å². The van der Waals surface area contributed by atoms with Crippen LogP contribution in [0.2, 0.25) is 0 Å². The molecule has 1 aromatic rings. The van der Waals surface area contributed by atoms with Gasteiger partial charge < -0.3 is 14.8 Å². The van der Waals surface area contributed by atoms with Gasteiger partial charge in [-0.15, -0.1) is 0 Å². The van der Waals surface area contributed by atoms with Gasteiger partial charge in [0.05, 0.1) is 31.7 Å². The highest BCUT2D eigenvalue weighted by Crippen LogP contribution is 2.27. The summed E-state index contributed by atoms with van der Waals surface area (Å²) in [6.45, 7) is 1.61. The summed E-state index contributed by atoms with van der Waals surface area (Å²) < 4.78 is 33.5. The molecule has 1 rings (SSSR count). The molecule has 0 aromatic carbocycles. The lowest BCUT2D eigenvalue weighted by atomic mass is 10.1. The summed E-state index contributed by atoms with van der Waals surface area (Å²) in [5.41, 5.74) is 0.434. The average Bonchev–Trinajstić information content (AvgIpc) is 2.38. The smallest absolute Gasteiger partial charge is 0.240 e. The molecule has 1 heterocycles. The molecule has 19 heavy (non-hydrogen) atoms. The van der Waals surface area contributed by atoms with Crippen LogP contribution >= 0.6 is 0 Å². The van der Waals surface area contributed by atoms with Crippen molar-refractivity contribution >= 4 is 9.84 Å². The third-order valence-corrected chi connectivity index (χ3v) is 4.52. The van der Waals surface area contributed by atoms with E-state index < -0.39 is 21.1 Å². The Morgan fingerprint density at radius 1 is 1.32 bits per heavy atom. The number of nitrogens with zero attached hydrogens (tertiary/aromatic N) is 2. The van der Waals surface area contributed by atoms with E-state index in [-0.39, 0.29) is 5.88 Å². The van der Waals surface area contributed by atoms with Crippen LogP contribution in [0.5, 0.6) is 11.8 Å². The Bertz CT molecular complexity index is 533. The van der Waals surface area contributed by atoms with Crippen molar-refractivity contribution in [3.05, 3.63) is 11.9 Å². The molecule has 1 aromatic heterocycles. The molecule has 108 valence electrons. The SMILES string of the molecule is CNC(c1ncc(OC)nc1OC)C(C)S(C)(=O)=O. The maximum Gasteiger partial charge on any atom is 0.240 e. The van der Waals surface area contributed by atoms with Crippen LogP contribution in [0.15, 0.2) is 6.20 Å². The van der Waals surface area contributed by atoms with E-state index in [1.165, 1.54) is 26.7 Å². The number of hydrogen-bond donors (Lipinski definition) is 1. The maximum absolute atomic E-state index is 11.7. The first-order chi connectivity index (χ1) is 8.85. The Morgan fingerprint density at radius 2 is 1.95 bits per heavy atom. The molecule has 0 spiro atoms. The third-order valence-electron chi connectivity index (χ3n) is 2.90. The second-order valence-corrected chi connectivity index (χ2v) is 6.51. The standard InChI is InChI=1S/C11H19N3O4S/c1-7(19(5,15)16)9(12-2)10-11(18-4)14-8(17-3)6-13-10/h6-7,9,12H,1-5H3. The van der Waals surface area contributed by atoms with Gasteiger partial charge >= 0.3 is 0 Å². The minimum absolute atomic E-state index is 0.245. The van der Waals surface area contributed by atoms with Crippen LogP contribution in [0.3, 0.4) is 0 Å². The van der Waals surface area contributed by atoms with Crippen LogP contribution < -0.4 is 14.8 Å². The van der Waals surface area contributed by atoms with Gasteiger partial charge in [0.2, 0.25) is 11.8 Å². The highest BCUT2D eigenvalue weighted by molar-refractivity contribution is 7.91. The number of hydrogen-bond acceptors (Lipinski definition) is 7. The maximum atomic E-state index is 11.7. The quantitative estimate of drug-likeness (QED) is 0.799. The molecule has 0 bridgehead atoms. The minimum atomic E-state index is -3.22. The molecule has 0 radical (unpaired) electrons. The molecular formula is C11H19N3O4S. The predicted molar refractivity (Wildman–Crippen MR) is 71.2 cm³/mol. The molecule has 8 heteroatoms. The van der Waals surface area contributed by atoms with E-state index in [2.05, 4.69) is 15.3 Å². The molecule has 0 aliphatic carbocycles. The lowest BCUT2D eigenvalue weighted by Gasteiger charge is -2.22. The summed E-state index contributed by atoms with van der Waals surface area (Å²) in [6, 6.07) is -0.511. The van der Waals surface area contributed by atoms with Crippen molar-refractivity contribution in [1.82, 2.24) is 15.3 Å². The largest absolute Gasteiger partial charge is 0.480 e. The zero-order valence-electron chi connectivity index (χ0n) is 11.7. The second kappa shape index (κ2) is 6.16. The van der Waals surface area contributed by atoms with Crippen molar-refractivity contribution in [1.29, 1.82) is 0 Å². The fourth-order valence-electron chi connectivity index (χ4n) is 1.67. The molecule has 2 unspecified atom stereocenters. The molecule has 0 saturated carbocycles. The zero-order valence-corrected chi connectivity index (χ0v) is 12.5. The Kier molecular flexibility index (Phi) is 5.07. The summed E-state index contributed by atoms with van der Waals surface area (Å²) in [7, 11) is 1.36. The highest BCUT2D eigenvalue weighted by atomic mass is 32.2.